The number of nitrogens with zero attached hydrogens (tertiary/aromatic N) is 3. The van der Waals surface area contributed by atoms with E-state index in [1.807, 2.05) is 20.2 Å². The summed E-state index contributed by atoms with van der Waals surface area (Å²) in [5, 5.41) is 7.37. The van der Waals surface area contributed by atoms with Crippen molar-refractivity contribution in [3.63, 3.8) is 0 Å². The van der Waals surface area contributed by atoms with Gasteiger partial charge in [0.2, 0.25) is 5.88 Å². The predicted molar refractivity (Wildman–Crippen MR) is 66.4 cm³/mol. The maximum absolute atomic E-state index is 5.84. The first-order valence-electron chi connectivity index (χ1n) is 5.18. The molecule has 2 heterocycles. The molecule has 0 unspecified atom stereocenters. The number of rotatable bonds is 3. The molecule has 0 bridgehead atoms. The van der Waals surface area contributed by atoms with Crippen LogP contribution in [0, 0.1) is 6.92 Å². The van der Waals surface area contributed by atoms with E-state index in [9.17, 15) is 0 Å². The molecule has 17 heavy (non-hydrogen) atoms. The lowest BCUT2D eigenvalue weighted by Gasteiger charge is -2.08. The van der Waals surface area contributed by atoms with Gasteiger partial charge in [-0.15, -0.1) is 0 Å². The minimum absolute atomic E-state index is 0.517. The van der Waals surface area contributed by atoms with Gasteiger partial charge in [-0.25, -0.2) is 0 Å². The Morgan fingerprint density at radius 1 is 1.41 bits per heavy atom. The van der Waals surface area contributed by atoms with Crippen molar-refractivity contribution in [2.75, 3.05) is 18.2 Å². The standard InChI is InChI=1S/C11H15N5O/c1-7-9(6-16(2)15-7)13-11-8(12)4-5-10(14-11)17-3/h4-6H,12H2,1-3H3,(H,13,14). The molecule has 6 nitrogen and oxygen atoms in total. The Hall–Kier alpha value is -2.24. The predicted octanol–water partition coefficient (Wildman–Crippen LogP) is 1.46. The van der Waals surface area contributed by atoms with E-state index in [0.29, 0.717) is 17.4 Å². The fraction of sp³-hybridized carbons (Fsp3) is 0.273. The Balaban J connectivity index is 2.32. The van der Waals surface area contributed by atoms with Crippen molar-refractivity contribution in [2.24, 2.45) is 7.05 Å². The molecule has 2 aromatic heterocycles. The summed E-state index contributed by atoms with van der Waals surface area (Å²) in [6.45, 7) is 1.92. The van der Waals surface area contributed by atoms with Crippen molar-refractivity contribution in [3.05, 3.63) is 24.0 Å². The van der Waals surface area contributed by atoms with Crippen LogP contribution < -0.4 is 15.8 Å². The number of nitrogen functional groups attached to an aromatic ring is 1. The van der Waals surface area contributed by atoms with Gasteiger partial charge in [-0.1, -0.05) is 0 Å². The van der Waals surface area contributed by atoms with Crippen LogP contribution >= 0.6 is 0 Å². The third-order valence-electron chi connectivity index (χ3n) is 2.38. The number of pyridine rings is 1. The summed E-state index contributed by atoms with van der Waals surface area (Å²) in [6.07, 6.45) is 1.87. The molecule has 3 N–H and O–H groups in total. The van der Waals surface area contributed by atoms with E-state index >= 15 is 0 Å². The van der Waals surface area contributed by atoms with Gasteiger partial charge in [0.05, 0.1) is 24.2 Å². The molecule has 0 radical (unpaired) electrons. The molecule has 0 aliphatic rings. The Kier molecular flexibility index (Phi) is 2.86. The van der Waals surface area contributed by atoms with Crippen molar-refractivity contribution >= 4 is 17.2 Å². The lowest BCUT2D eigenvalue weighted by atomic mass is 10.3. The van der Waals surface area contributed by atoms with E-state index in [4.69, 9.17) is 10.5 Å². The number of nitrogens with two attached hydrogens (primary N) is 1. The third kappa shape index (κ3) is 2.30. The average molecular weight is 233 g/mol. The average Bonchev–Trinajstić information content (AvgIpc) is 2.60. The van der Waals surface area contributed by atoms with E-state index < -0.39 is 0 Å². The van der Waals surface area contributed by atoms with Gasteiger partial charge in [0.15, 0.2) is 5.82 Å². The topological polar surface area (TPSA) is 78.0 Å². The highest BCUT2D eigenvalue weighted by molar-refractivity contribution is 5.69. The second kappa shape index (κ2) is 4.32. The number of methoxy groups -OCH3 is 1. The summed E-state index contributed by atoms with van der Waals surface area (Å²) in [5.41, 5.74) is 8.17. The summed E-state index contributed by atoms with van der Waals surface area (Å²) in [6, 6.07) is 3.47. The molecular weight excluding hydrogens is 218 g/mol. The highest BCUT2D eigenvalue weighted by Crippen LogP contribution is 2.24. The van der Waals surface area contributed by atoms with Crippen LogP contribution in [0.5, 0.6) is 5.88 Å². The maximum Gasteiger partial charge on any atom is 0.215 e. The van der Waals surface area contributed by atoms with E-state index in [-0.39, 0.29) is 0 Å². The van der Waals surface area contributed by atoms with Crippen LogP contribution in [0.4, 0.5) is 17.2 Å². The zero-order chi connectivity index (χ0) is 12.4. The first-order valence-corrected chi connectivity index (χ1v) is 5.18. The van der Waals surface area contributed by atoms with Crippen LogP contribution in [-0.4, -0.2) is 21.9 Å². The zero-order valence-electron chi connectivity index (χ0n) is 10.1. The fourth-order valence-electron chi connectivity index (χ4n) is 1.52. The molecule has 0 aromatic carbocycles. The molecule has 90 valence electrons. The van der Waals surface area contributed by atoms with Gasteiger partial charge in [0.25, 0.3) is 0 Å². The highest BCUT2D eigenvalue weighted by Gasteiger charge is 2.07. The lowest BCUT2D eigenvalue weighted by molar-refractivity contribution is 0.398. The second-order valence-corrected chi connectivity index (χ2v) is 3.72. The van der Waals surface area contributed by atoms with Gasteiger partial charge in [0.1, 0.15) is 0 Å². The first kappa shape index (κ1) is 11.3. The molecule has 0 saturated heterocycles. The summed E-state index contributed by atoms with van der Waals surface area (Å²) in [4.78, 5) is 4.24. The van der Waals surface area contributed by atoms with Crippen LogP contribution in [0.15, 0.2) is 18.3 Å². The van der Waals surface area contributed by atoms with Crippen LogP contribution in [0.1, 0.15) is 5.69 Å². The minimum Gasteiger partial charge on any atom is -0.481 e. The van der Waals surface area contributed by atoms with Crippen molar-refractivity contribution in [2.45, 2.75) is 6.92 Å². The molecule has 0 saturated carbocycles. The SMILES string of the molecule is COc1ccc(N)c(Nc2cn(C)nc2C)n1. The molecule has 6 heteroatoms. The first-order chi connectivity index (χ1) is 8.10. The molecule has 0 spiro atoms. The highest BCUT2D eigenvalue weighted by atomic mass is 16.5. The van der Waals surface area contributed by atoms with E-state index in [1.54, 1.807) is 23.9 Å². The Bertz CT molecular complexity index is 535. The summed E-state index contributed by atoms with van der Waals surface area (Å²) in [7, 11) is 3.43. The normalized spacial score (nSPS) is 10.3. The number of hydrogen-bond acceptors (Lipinski definition) is 5. The number of hydrogen-bond donors (Lipinski definition) is 2. The maximum atomic E-state index is 5.84. The number of aryl methyl sites for hydroxylation is 2. The van der Waals surface area contributed by atoms with Gasteiger partial charge in [-0.3, -0.25) is 4.68 Å². The Morgan fingerprint density at radius 2 is 2.18 bits per heavy atom. The van der Waals surface area contributed by atoms with Crippen molar-refractivity contribution in [1.82, 2.24) is 14.8 Å². The largest absolute Gasteiger partial charge is 0.481 e. The van der Waals surface area contributed by atoms with Gasteiger partial charge in [-0.05, 0) is 13.0 Å². The van der Waals surface area contributed by atoms with Gasteiger partial charge < -0.3 is 15.8 Å². The number of nitrogens with one attached hydrogen (secondary N) is 1. The van der Waals surface area contributed by atoms with Crippen LogP contribution in [0.3, 0.4) is 0 Å². The third-order valence-corrected chi connectivity index (χ3v) is 2.38. The van der Waals surface area contributed by atoms with Crippen LogP contribution in [-0.2, 0) is 7.05 Å². The zero-order valence-corrected chi connectivity index (χ0v) is 10.1. The molecule has 0 atom stereocenters. The van der Waals surface area contributed by atoms with Gasteiger partial charge in [0, 0.05) is 19.3 Å². The summed E-state index contributed by atoms with van der Waals surface area (Å²) >= 11 is 0. The van der Waals surface area contributed by atoms with Gasteiger partial charge >= 0.3 is 0 Å². The number of aromatic nitrogens is 3. The van der Waals surface area contributed by atoms with E-state index in [0.717, 1.165) is 11.4 Å². The quantitative estimate of drug-likeness (QED) is 0.839. The molecular formula is C11H15N5O. The molecule has 0 aliphatic heterocycles. The summed E-state index contributed by atoms with van der Waals surface area (Å²) in [5.74, 6) is 1.09. The lowest BCUT2D eigenvalue weighted by Crippen LogP contribution is -2.00. The van der Waals surface area contributed by atoms with E-state index in [2.05, 4.69) is 15.4 Å². The van der Waals surface area contributed by atoms with Crippen LogP contribution in [0.25, 0.3) is 0 Å². The van der Waals surface area contributed by atoms with Crippen molar-refractivity contribution in [3.8, 4) is 5.88 Å². The molecule has 2 aromatic rings. The van der Waals surface area contributed by atoms with E-state index in [1.165, 1.54) is 0 Å². The summed E-state index contributed by atoms with van der Waals surface area (Å²) < 4.78 is 6.79. The van der Waals surface area contributed by atoms with Crippen LogP contribution in [0.2, 0.25) is 0 Å². The Morgan fingerprint density at radius 3 is 2.76 bits per heavy atom. The smallest absolute Gasteiger partial charge is 0.215 e. The van der Waals surface area contributed by atoms with Crippen molar-refractivity contribution < 1.29 is 4.74 Å². The molecule has 0 amide bonds. The second-order valence-electron chi connectivity index (χ2n) is 3.72. The number of ether oxygens (including phenoxy) is 1. The monoisotopic (exact) mass is 233 g/mol. The minimum atomic E-state index is 0.517. The number of anilines is 3. The van der Waals surface area contributed by atoms with Gasteiger partial charge in [-0.2, -0.15) is 10.1 Å². The Labute approximate surface area is 99.4 Å². The molecule has 2 rings (SSSR count). The van der Waals surface area contributed by atoms with Crippen molar-refractivity contribution in [1.29, 1.82) is 0 Å². The molecule has 0 aliphatic carbocycles. The fourth-order valence-corrected chi connectivity index (χ4v) is 1.52. The molecule has 0 fully saturated rings.